The van der Waals surface area contributed by atoms with Gasteiger partial charge in [-0.15, -0.1) is 0 Å². The lowest BCUT2D eigenvalue weighted by molar-refractivity contribution is 0.0525. The first-order chi connectivity index (χ1) is 11.3. The maximum absolute atomic E-state index is 11.9. The lowest BCUT2D eigenvalue weighted by Gasteiger charge is -2.08. The van der Waals surface area contributed by atoms with E-state index in [0.29, 0.717) is 6.61 Å². The fraction of sp³-hybridized carbons (Fsp3) is 0.667. The van der Waals surface area contributed by atoms with Crippen molar-refractivity contribution in [3.05, 3.63) is 35.4 Å². The van der Waals surface area contributed by atoms with Crippen LogP contribution in [0.15, 0.2) is 24.3 Å². The molecule has 0 aliphatic rings. The highest BCUT2D eigenvalue weighted by molar-refractivity contribution is 5.91. The molecule has 1 aromatic carbocycles. The van der Waals surface area contributed by atoms with Crippen LogP contribution in [-0.2, 0) is 11.2 Å². The number of ether oxygens (including phenoxy) is 1. The molecule has 0 unspecified atom stereocenters. The zero-order chi connectivity index (χ0) is 16.8. The Balaban J connectivity index is 2.15. The maximum Gasteiger partial charge on any atom is 0.338 e. The van der Waals surface area contributed by atoms with E-state index in [1.54, 1.807) is 0 Å². The van der Waals surface area contributed by atoms with E-state index in [0.717, 1.165) is 24.0 Å². The van der Waals surface area contributed by atoms with Crippen LogP contribution in [0, 0.1) is 0 Å². The Morgan fingerprint density at radius 3 is 2.00 bits per heavy atom. The van der Waals surface area contributed by atoms with Gasteiger partial charge in [-0.05, 0) is 31.4 Å². The highest BCUT2D eigenvalue weighted by atomic mass is 16.5. The minimum absolute atomic E-state index is 0.185. The van der Waals surface area contributed by atoms with Gasteiger partial charge in [0, 0.05) is 0 Å². The average Bonchev–Trinajstić information content (AvgIpc) is 2.57. The van der Waals surface area contributed by atoms with Crippen molar-refractivity contribution >= 4 is 5.97 Å². The zero-order valence-electron chi connectivity index (χ0n) is 15.1. The van der Waals surface area contributed by atoms with E-state index in [1.165, 1.54) is 57.8 Å². The van der Waals surface area contributed by atoms with Crippen LogP contribution in [0.1, 0.15) is 94.0 Å². The molecule has 0 heterocycles. The average molecular weight is 319 g/mol. The van der Waals surface area contributed by atoms with E-state index in [-0.39, 0.29) is 5.97 Å². The summed E-state index contributed by atoms with van der Waals surface area (Å²) in [6.07, 6.45) is 14.4. The third-order valence-corrected chi connectivity index (χ3v) is 4.31. The summed E-state index contributed by atoms with van der Waals surface area (Å²) in [6.45, 7) is 4.55. The number of esters is 1. The Bertz CT molecular complexity index is 426. The van der Waals surface area contributed by atoms with E-state index in [1.807, 2.05) is 25.1 Å². The number of hydrogen-bond donors (Lipinski definition) is 0. The molecule has 0 fully saturated rings. The largest absolute Gasteiger partial charge is 0.462 e. The Hall–Kier alpha value is -1.31. The molecule has 130 valence electrons. The van der Waals surface area contributed by atoms with E-state index in [9.17, 15) is 4.79 Å². The first kappa shape index (κ1) is 19.7. The first-order valence-electron chi connectivity index (χ1n) is 9.54. The van der Waals surface area contributed by atoms with Crippen LogP contribution in [0.4, 0.5) is 0 Å². The minimum Gasteiger partial charge on any atom is -0.462 e. The van der Waals surface area contributed by atoms with E-state index in [4.69, 9.17) is 4.74 Å². The predicted molar refractivity (Wildman–Crippen MR) is 97.9 cm³/mol. The Kier molecular flexibility index (Phi) is 11.3. The van der Waals surface area contributed by atoms with Gasteiger partial charge in [0.05, 0.1) is 12.2 Å². The van der Waals surface area contributed by atoms with Crippen molar-refractivity contribution in [3.8, 4) is 0 Å². The minimum atomic E-state index is -0.185. The zero-order valence-corrected chi connectivity index (χ0v) is 15.1. The molecular weight excluding hydrogens is 284 g/mol. The van der Waals surface area contributed by atoms with Crippen LogP contribution in [0.5, 0.6) is 0 Å². The third kappa shape index (κ3) is 8.78. The number of carbonyl (C=O) groups is 1. The van der Waals surface area contributed by atoms with Crippen LogP contribution in [0.3, 0.4) is 0 Å². The first-order valence-corrected chi connectivity index (χ1v) is 9.54. The molecule has 0 atom stereocenters. The van der Waals surface area contributed by atoms with Crippen molar-refractivity contribution in [2.45, 2.75) is 84.5 Å². The second kappa shape index (κ2) is 13.2. The van der Waals surface area contributed by atoms with E-state index < -0.39 is 0 Å². The summed E-state index contributed by atoms with van der Waals surface area (Å²) < 4.78 is 5.13. The molecular formula is C21H34O2. The summed E-state index contributed by atoms with van der Waals surface area (Å²) in [4.78, 5) is 11.9. The number of unbranched alkanes of at least 4 members (excludes halogenated alkanes) is 9. The lowest BCUT2D eigenvalue weighted by atomic mass is 10.00. The Morgan fingerprint density at radius 2 is 1.39 bits per heavy atom. The molecule has 23 heavy (non-hydrogen) atoms. The maximum atomic E-state index is 11.9. The van der Waals surface area contributed by atoms with Gasteiger partial charge in [-0.3, -0.25) is 0 Å². The second-order valence-electron chi connectivity index (χ2n) is 6.31. The van der Waals surface area contributed by atoms with Crippen molar-refractivity contribution in [1.82, 2.24) is 0 Å². The number of aryl methyl sites for hydroxylation is 1. The predicted octanol–water partition coefficient (Wildman–Crippen LogP) is 6.33. The fourth-order valence-electron chi connectivity index (χ4n) is 2.95. The summed E-state index contributed by atoms with van der Waals surface area (Å²) in [5.74, 6) is -0.185. The van der Waals surface area contributed by atoms with Gasteiger partial charge in [0.2, 0.25) is 0 Å². The molecule has 0 N–H and O–H groups in total. The van der Waals surface area contributed by atoms with Crippen LogP contribution in [0.2, 0.25) is 0 Å². The van der Waals surface area contributed by atoms with Gasteiger partial charge in [0.15, 0.2) is 0 Å². The molecule has 0 bridgehead atoms. The van der Waals surface area contributed by atoms with Gasteiger partial charge in [-0.1, -0.05) is 82.9 Å². The van der Waals surface area contributed by atoms with Crippen LogP contribution in [-0.4, -0.2) is 12.6 Å². The highest BCUT2D eigenvalue weighted by Gasteiger charge is 2.10. The molecule has 0 amide bonds. The molecule has 2 nitrogen and oxygen atoms in total. The molecule has 0 aliphatic carbocycles. The van der Waals surface area contributed by atoms with Gasteiger partial charge in [-0.2, -0.15) is 0 Å². The van der Waals surface area contributed by atoms with Crippen LogP contribution in [0.25, 0.3) is 0 Å². The monoisotopic (exact) mass is 318 g/mol. The molecule has 0 saturated heterocycles. The third-order valence-electron chi connectivity index (χ3n) is 4.31. The standard InChI is InChI=1S/C21H34O2/c1-3-5-6-7-8-9-10-11-12-13-16-19-17-14-15-18-20(19)21(22)23-4-2/h14-15,17-18H,3-13,16H2,1-2H3. The molecule has 1 aromatic rings. The molecule has 0 saturated carbocycles. The quantitative estimate of drug-likeness (QED) is 0.314. The molecule has 0 radical (unpaired) electrons. The normalized spacial score (nSPS) is 10.7. The van der Waals surface area contributed by atoms with Gasteiger partial charge < -0.3 is 4.74 Å². The van der Waals surface area contributed by atoms with Gasteiger partial charge in [-0.25, -0.2) is 4.79 Å². The topological polar surface area (TPSA) is 26.3 Å². The molecule has 0 spiro atoms. The van der Waals surface area contributed by atoms with Gasteiger partial charge >= 0.3 is 5.97 Å². The van der Waals surface area contributed by atoms with Crippen molar-refractivity contribution in [2.24, 2.45) is 0 Å². The molecule has 0 aromatic heterocycles. The second-order valence-corrected chi connectivity index (χ2v) is 6.31. The number of benzene rings is 1. The SMILES string of the molecule is CCCCCCCCCCCCc1ccccc1C(=O)OCC. The van der Waals surface area contributed by atoms with Crippen molar-refractivity contribution in [2.75, 3.05) is 6.61 Å². The van der Waals surface area contributed by atoms with Crippen LogP contribution >= 0.6 is 0 Å². The van der Waals surface area contributed by atoms with Crippen molar-refractivity contribution < 1.29 is 9.53 Å². The lowest BCUT2D eigenvalue weighted by Crippen LogP contribution is -2.08. The van der Waals surface area contributed by atoms with E-state index in [2.05, 4.69) is 13.0 Å². The summed E-state index contributed by atoms with van der Waals surface area (Å²) >= 11 is 0. The van der Waals surface area contributed by atoms with Gasteiger partial charge in [0.25, 0.3) is 0 Å². The number of carbonyl (C=O) groups excluding carboxylic acids is 1. The summed E-state index contributed by atoms with van der Waals surface area (Å²) in [7, 11) is 0. The summed E-state index contributed by atoms with van der Waals surface area (Å²) in [6, 6.07) is 7.85. The molecule has 0 aliphatic heterocycles. The highest BCUT2D eigenvalue weighted by Crippen LogP contribution is 2.16. The molecule has 1 rings (SSSR count). The van der Waals surface area contributed by atoms with Crippen molar-refractivity contribution in [3.63, 3.8) is 0 Å². The smallest absolute Gasteiger partial charge is 0.338 e. The Labute approximate surface area is 142 Å². The number of hydrogen-bond acceptors (Lipinski definition) is 2. The fourth-order valence-corrected chi connectivity index (χ4v) is 2.95. The molecule has 2 heteroatoms. The summed E-state index contributed by atoms with van der Waals surface area (Å²) in [5, 5.41) is 0. The summed E-state index contributed by atoms with van der Waals surface area (Å²) in [5.41, 5.74) is 1.87. The van der Waals surface area contributed by atoms with Gasteiger partial charge in [0.1, 0.15) is 0 Å². The number of rotatable bonds is 13. The van der Waals surface area contributed by atoms with Crippen LogP contribution < -0.4 is 0 Å². The Morgan fingerprint density at radius 1 is 0.826 bits per heavy atom. The van der Waals surface area contributed by atoms with Crippen molar-refractivity contribution in [1.29, 1.82) is 0 Å². The van der Waals surface area contributed by atoms with E-state index >= 15 is 0 Å².